The lowest BCUT2D eigenvalue weighted by Gasteiger charge is -2.09. The fraction of sp³-hybridized carbons (Fsp3) is 0.273. The molecule has 0 fully saturated rings. The Morgan fingerprint density at radius 2 is 1.74 bits per heavy atom. The number of aliphatic carboxylic acids is 1. The third kappa shape index (κ3) is 3.76. The van der Waals surface area contributed by atoms with Crippen LogP contribution in [-0.4, -0.2) is 38.5 Å². The van der Waals surface area contributed by atoms with Gasteiger partial charge in [0.05, 0.1) is 4.90 Å². The molecule has 1 rings (SSSR count). The molecular weight excluding hydrogens is 272 g/mol. The van der Waals surface area contributed by atoms with E-state index in [1.807, 2.05) is 0 Å². The lowest BCUT2D eigenvalue weighted by molar-refractivity contribution is -0.138. The van der Waals surface area contributed by atoms with Crippen LogP contribution in [0.15, 0.2) is 29.2 Å². The molecule has 1 amide bonds. The van der Waals surface area contributed by atoms with Crippen LogP contribution in [0.1, 0.15) is 17.3 Å². The van der Waals surface area contributed by atoms with Crippen molar-refractivity contribution in [2.75, 3.05) is 7.05 Å². The summed E-state index contributed by atoms with van der Waals surface area (Å²) in [6.07, 6.45) is 0. The van der Waals surface area contributed by atoms with E-state index in [4.69, 9.17) is 5.11 Å². The van der Waals surface area contributed by atoms with Gasteiger partial charge in [0.25, 0.3) is 5.91 Å². The lowest BCUT2D eigenvalue weighted by Crippen LogP contribution is -2.38. The summed E-state index contributed by atoms with van der Waals surface area (Å²) >= 11 is 0. The van der Waals surface area contributed by atoms with Crippen molar-refractivity contribution in [2.24, 2.45) is 0 Å². The number of hydrogen-bond donors (Lipinski definition) is 3. The molecule has 0 spiro atoms. The highest BCUT2D eigenvalue weighted by Gasteiger charge is 2.16. The van der Waals surface area contributed by atoms with Gasteiger partial charge in [-0.15, -0.1) is 0 Å². The molecule has 7 nitrogen and oxygen atoms in total. The minimum Gasteiger partial charge on any atom is -0.480 e. The van der Waals surface area contributed by atoms with E-state index in [2.05, 4.69) is 10.0 Å². The highest BCUT2D eigenvalue weighted by atomic mass is 32.2. The van der Waals surface area contributed by atoms with Gasteiger partial charge in [-0.2, -0.15) is 0 Å². The van der Waals surface area contributed by atoms with Crippen molar-refractivity contribution in [1.29, 1.82) is 0 Å². The van der Waals surface area contributed by atoms with Gasteiger partial charge in [0.15, 0.2) is 0 Å². The molecule has 0 saturated heterocycles. The summed E-state index contributed by atoms with van der Waals surface area (Å²) in [6.45, 7) is 1.33. The molecule has 1 atom stereocenters. The van der Waals surface area contributed by atoms with E-state index in [9.17, 15) is 18.0 Å². The predicted molar refractivity (Wildman–Crippen MR) is 67.3 cm³/mol. The fourth-order valence-electron chi connectivity index (χ4n) is 1.25. The Kier molecular flexibility index (Phi) is 4.62. The quantitative estimate of drug-likeness (QED) is 0.693. The Morgan fingerprint density at radius 1 is 1.21 bits per heavy atom. The van der Waals surface area contributed by atoms with Crippen LogP contribution in [0.2, 0.25) is 0 Å². The van der Waals surface area contributed by atoms with Gasteiger partial charge in [-0.3, -0.25) is 9.59 Å². The number of carbonyl (C=O) groups is 2. The van der Waals surface area contributed by atoms with Gasteiger partial charge >= 0.3 is 5.97 Å². The van der Waals surface area contributed by atoms with Crippen LogP contribution in [-0.2, 0) is 14.8 Å². The number of rotatable bonds is 5. The van der Waals surface area contributed by atoms with E-state index in [0.717, 1.165) is 0 Å². The molecule has 104 valence electrons. The van der Waals surface area contributed by atoms with E-state index in [1.54, 1.807) is 0 Å². The van der Waals surface area contributed by atoms with Gasteiger partial charge < -0.3 is 10.4 Å². The monoisotopic (exact) mass is 286 g/mol. The summed E-state index contributed by atoms with van der Waals surface area (Å²) in [5.74, 6) is -1.73. The molecule has 0 heterocycles. The molecule has 0 aromatic heterocycles. The zero-order valence-corrected chi connectivity index (χ0v) is 11.2. The van der Waals surface area contributed by atoms with Crippen molar-refractivity contribution < 1.29 is 23.1 Å². The van der Waals surface area contributed by atoms with Crippen LogP contribution in [0.25, 0.3) is 0 Å². The van der Waals surface area contributed by atoms with Crippen molar-refractivity contribution in [3.63, 3.8) is 0 Å². The number of carboxylic acid groups (broad SMARTS) is 1. The lowest BCUT2D eigenvalue weighted by atomic mass is 10.2. The molecular formula is C11H14N2O5S. The Bertz CT molecular complexity index is 580. The third-order valence-corrected chi connectivity index (χ3v) is 3.84. The number of hydrogen-bond acceptors (Lipinski definition) is 4. The van der Waals surface area contributed by atoms with Gasteiger partial charge in [0.2, 0.25) is 10.0 Å². The van der Waals surface area contributed by atoms with Gasteiger partial charge in [-0.1, -0.05) is 0 Å². The number of carboxylic acids is 1. The first-order valence-corrected chi connectivity index (χ1v) is 6.83. The van der Waals surface area contributed by atoms with Crippen LogP contribution >= 0.6 is 0 Å². The number of benzene rings is 1. The van der Waals surface area contributed by atoms with Gasteiger partial charge in [-0.05, 0) is 38.2 Å². The van der Waals surface area contributed by atoms with E-state index in [0.29, 0.717) is 0 Å². The normalized spacial score (nSPS) is 12.7. The maximum atomic E-state index is 11.7. The minimum absolute atomic E-state index is 0.0258. The smallest absolute Gasteiger partial charge is 0.325 e. The summed E-state index contributed by atoms with van der Waals surface area (Å²) in [4.78, 5) is 22.3. The molecule has 0 bridgehead atoms. The molecule has 0 aliphatic carbocycles. The molecule has 1 unspecified atom stereocenters. The first-order valence-electron chi connectivity index (χ1n) is 5.35. The maximum absolute atomic E-state index is 11.7. The van der Waals surface area contributed by atoms with E-state index in [-0.39, 0.29) is 10.5 Å². The topological polar surface area (TPSA) is 113 Å². The van der Waals surface area contributed by atoms with Crippen LogP contribution in [0.3, 0.4) is 0 Å². The predicted octanol–water partition coefficient (Wildman–Crippen LogP) is -0.202. The average Bonchev–Trinajstić information content (AvgIpc) is 2.38. The van der Waals surface area contributed by atoms with Gasteiger partial charge in [0, 0.05) is 5.56 Å². The summed E-state index contributed by atoms with van der Waals surface area (Å²) < 4.78 is 25.1. The Morgan fingerprint density at radius 3 is 2.16 bits per heavy atom. The second-order valence-corrected chi connectivity index (χ2v) is 5.65. The fourth-order valence-corrected chi connectivity index (χ4v) is 1.98. The number of amides is 1. The van der Waals surface area contributed by atoms with Crippen LogP contribution in [0, 0.1) is 0 Å². The molecule has 3 N–H and O–H groups in total. The molecule has 8 heteroatoms. The van der Waals surface area contributed by atoms with Crippen LogP contribution < -0.4 is 10.0 Å². The molecule has 0 radical (unpaired) electrons. The van der Waals surface area contributed by atoms with Crippen molar-refractivity contribution in [2.45, 2.75) is 17.9 Å². The SMILES string of the molecule is CNS(=O)(=O)c1ccc(C(=O)NC(C)C(=O)O)cc1. The molecule has 0 saturated carbocycles. The zero-order chi connectivity index (χ0) is 14.6. The van der Waals surface area contributed by atoms with Gasteiger partial charge in [0.1, 0.15) is 6.04 Å². The highest BCUT2D eigenvalue weighted by Crippen LogP contribution is 2.10. The van der Waals surface area contributed by atoms with Crippen molar-refractivity contribution in [3.05, 3.63) is 29.8 Å². The maximum Gasteiger partial charge on any atom is 0.325 e. The molecule has 1 aromatic carbocycles. The summed E-state index contributed by atoms with van der Waals surface area (Å²) in [7, 11) is -2.27. The average molecular weight is 286 g/mol. The highest BCUT2D eigenvalue weighted by molar-refractivity contribution is 7.89. The first kappa shape index (κ1) is 15.1. The molecule has 0 aliphatic rings. The second kappa shape index (κ2) is 5.81. The van der Waals surface area contributed by atoms with Crippen molar-refractivity contribution in [3.8, 4) is 0 Å². The Hall–Kier alpha value is -1.93. The van der Waals surface area contributed by atoms with Crippen LogP contribution in [0.5, 0.6) is 0 Å². The Balaban J connectivity index is 2.88. The van der Waals surface area contributed by atoms with E-state index >= 15 is 0 Å². The first-order chi connectivity index (χ1) is 8.77. The van der Waals surface area contributed by atoms with Crippen molar-refractivity contribution in [1.82, 2.24) is 10.0 Å². The summed E-state index contributed by atoms with van der Waals surface area (Å²) in [6, 6.07) is 4.15. The second-order valence-electron chi connectivity index (χ2n) is 3.77. The largest absolute Gasteiger partial charge is 0.480 e. The minimum atomic E-state index is -3.55. The van der Waals surface area contributed by atoms with E-state index < -0.39 is 27.9 Å². The Labute approximate surface area is 110 Å². The summed E-state index contributed by atoms with van der Waals surface area (Å²) in [5.41, 5.74) is 0.183. The number of carbonyl (C=O) groups excluding carboxylic acids is 1. The van der Waals surface area contributed by atoms with E-state index in [1.165, 1.54) is 38.2 Å². The number of sulfonamides is 1. The van der Waals surface area contributed by atoms with Gasteiger partial charge in [-0.25, -0.2) is 13.1 Å². The summed E-state index contributed by atoms with van der Waals surface area (Å²) in [5, 5.41) is 10.9. The molecule has 0 aliphatic heterocycles. The zero-order valence-electron chi connectivity index (χ0n) is 10.4. The van der Waals surface area contributed by atoms with Crippen LogP contribution in [0.4, 0.5) is 0 Å². The number of nitrogens with one attached hydrogen (secondary N) is 2. The van der Waals surface area contributed by atoms with Crippen molar-refractivity contribution >= 4 is 21.9 Å². The molecule has 1 aromatic rings. The molecule has 19 heavy (non-hydrogen) atoms. The third-order valence-electron chi connectivity index (χ3n) is 2.41. The standard InChI is InChI=1S/C11H14N2O5S/c1-7(11(15)16)13-10(14)8-3-5-9(6-4-8)19(17,18)12-2/h3-7,12H,1-2H3,(H,13,14)(H,15,16).